The van der Waals surface area contributed by atoms with Crippen LogP contribution in [0.15, 0.2) is 30.3 Å². The number of rotatable bonds is 7. The predicted molar refractivity (Wildman–Crippen MR) is 97.5 cm³/mol. The topological polar surface area (TPSA) is 86.7 Å². The lowest BCUT2D eigenvalue weighted by Gasteiger charge is -2.25. The fraction of sp³-hybridized carbons (Fsp3) is 0.500. The van der Waals surface area contributed by atoms with Gasteiger partial charge in [0.1, 0.15) is 6.04 Å². The number of hydrogen-bond donors (Lipinski definition) is 3. The molecule has 1 aromatic rings. The van der Waals surface area contributed by atoms with Crippen molar-refractivity contribution in [1.29, 1.82) is 0 Å². The molecule has 2 unspecified atom stereocenters. The van der Waals surface area contributed by atoms with Crippen molar-refractivity contribution >= 4 is 30.4 Å². The van der Waals surface area contributed by atoms with Crippen LogP contribution in [0.1, 0.15) is 31.2 Å². The summed E-state index contributed by atoms with van der Waals surface area (Å²) in [4.78, 5) is 37.2. The van der Waals surface area contributed by atoms with Gasteiger partial charge in [-0.25, -0.2) is 0 Å². The van der Waals surface area contributed by atoms with Crippen molar-refractivity contribution in [2.45, 2.75) is 43.4 Å². The van der Waals surface area contributed by atoms with Gasteiger partial charge in [0, 0.05) is 13.1 Å². The highest BCUT2D eigenvalue weighted by Crippen LogP contribution is 2.14. The van der Waals surface area contributed by atoms with Crippen LogP contribution in [0.5, 0.6) is 0 Å². The number of carbonyl (C=O) groups is 3. The van der Waals surface area contributed by atoms with E-state index in [1.165, 1.54) is 4.90 Å². The largest absolute Gasteiger partial charge is 0.481 e. The SMILES string of the molecule is O=C(O)CCN1CCCCC(NC(=O)C(S)Cc2ccccc2)C1=O. The van der Waals surface area contributed by atoms with Crippen LogP contribution in [-0.2, 0) is 20.8 Å². The van der Waals surface area contributed by atoms with Gasteiger partial charge in [0.15, 0.2) is 0 Å². The molecule has 1 aliphatic rings. The Labute approximate surface area is 153 Å². The van der Waals surface area contributed by atoms with Crippen molar-refractivity contribution in [1.82, 2.24) is 10.2 Å². The second kappa shape index (κ2) is 9.46. The molecule has 25 heavy (non-hydrogen) atoms. The Hall–Kier alpha value is -2.02. The zero-order valence-electron chi connectivity index (χ0n) is 14.1. The van der Waals surface area contributed by atoms with Crippen LogP contribution in [0, 0.1) is 0 Å². The van der Waals surface area contributed by atoms with Crippen molar-refractivity contribution < 1.29 is 19.5 Å². The van der Waals surface area contributed by atoms with E-state index >= 15 is 0 Å². The van der Waals surface area contributed by atoms with Crippen LogP contribution < -0.4 is 5.32 Å². The second-order valence-corrected chi connectivity index (χ2v) is 6.85. The Kier molecular flexibility index (Phi) is 7.31. The average molecular weight is 364 g/mol. The Morgan fingerprint density at radius 3 is 2.68 bits per heavy atom. The molecule has 2 amide bonds. The number of aliphatic carboxylic acids is 1. The van der Waals surface area contributed by atoms with Gasteiger partial charge in [-0.3, -0.25) is 14.4 Å². The first-order chi connectivity index (χ1) is 12.0. The Morgan fingerprint density at radius 1 is 1.28 bits per heavy atom. The summed E-state index contributed by atoms with van der Waals surface area (Å²) >= 11 is 4.37. The summed E-state index contributed by atoms with van der Waals surface area (Å²) in [5, 5.41) is 11.1. The lowest BCUT2D eigenvalue weighted by atomic mass is 10.1. The predicted octanol–water partition coefficient (Wildman–Crippen LogP) is 1.50. The van der Waals surface area contributed by atoms with E-state index in [1.54, 1.807) is 0 Å². The Bertz CT molecular complexity index is 608. The van der Waals surface area contributed by atoms with Crippen molar-refractivity contribution in [3.63, 3.8) is 0 Å². The minimum absolute atomic E-state index is 0.0877. The monoisotopic (exact) mass is 364 g/mol. The van der Waals surface area contributed by atoms with Crippen LogP contribution >= 0.6 is 12.6 Å². The number of nitrogens with zero attached hydrogens (tertiary/aromatic N) is 1. The molecule has 0 aliphatic carbocycles. The quantitative estimate of drug-likeness (QED) is 0.640. The van der Waals surface area contributed by atoms with Crippen LogP contribution in [0.3, 0.4) is 0 Å². The number of amides is 2. The van der Waals surface area contributed by atoms with Gasteiger partial charge in [-0.05, 0) is 31.2 Å². The minimum atomic E-state index is -0.934. The Balaban J connectivity index is 1.93. The van der Waals surface area contributed by atoms with E-state index in [-0.39, 0.29) is 24.8 Å². The third kappa shape index (κ3) is 6.08. The van der Waals surface area contributed by atoms with Gasteiger partial charge in [0.2, 0.25) is 11.8 Å². The number of carboxylic acid groups (broad SMARTS) is 1. The van der Waals surface area contributed by atoms with Gasteiger partial charge in [0.05, 0.1) is 11.7 Å². The third-order valence-electron chi connectivity index (χ3n) is 4.27. The number of thiol groups is 1. The molecule has 1 aromatic carbocycles. The molecule has 7 heteroatoms. The maximum absolute atomic E-state index is 12.6. The van der Waals surface area contributed by atoms with Crippen LogP contribution in [0.4, 0.5) is 0 Å². The summed E-state index contributed by atoms with van der Waals surface area (Å²) in [6.45, 7) is 0.710. The van der Waals surface area contributed by atoms with Gasteiger partial charge in [-0.2, -0.15) is 12.6 Å². The van der Waals surface area contributed by atoms with Gasteiger partial charge >= 0.3 is 5.97 Å². The number of nitrogens with one attached hydrogen (secondary N) is 1. The van der Waals surface area contributed by atoms with E-state index in [1.807, 2.05) is 30.3 Å². The van der Waals surface area contributed by atoms with Crippen molar-refractivity contribution in [2.75, 3.05) is 13.1 Å². The molecule has 136 valence electrons. The fourth-order valence-corrected chi connectivity index (χ4v) is 3.18. The van der Waals surface area contributed by atoms with E-state index in [0.29, 0.717) is 19.4 Å². The van der Waals surface area contributed by atoms with Gasteiger partial charge in [-0.1, -0.05) is 30.3 Å². The standard InChI is InChI=1S/C18H24N2O4S/c21-16(22)9-11-20-10-5-4-8-14(18(20)24)19-17(23)15(25)12-13-6-2-1-3-7-13/h1-3,6-7,14-15,25H,4-5,8-12H2,(H,19,23)(H,21,22). The summed E-state index contributed by atoms with van der Waals surface area (Å²) < 4.78 is 0. The van der Waals surface area contributed by atoms with Crippen molar-refractivity contribution in [3.05, 3.63) is 35.9 Å². The molecular weight excluding hydrogens is 340 g/mol. The maximum Gasteiger partial charge on any atom is 0.305 e. The zero-order valence-corrected chi connectivity index (χ0v) is 15.0. The van der Waals surface area contributed by atoms with Crippen LogP contribution in [0.25, 0.3) is 0 Å². The molecule has 2 N–H and O–H groups in total. The van der Waals surface area contributed by atoms with E-state index in [4.69, 9.17) is 5.11 Å². The van der Waals surface area contributed by atoms with Crippen LogP contribution in [-0.4, -0.2) is 52.2 Å². The van der Waals surface area contributed by atoms with Crippen molar-refractivity contribution in [2.24, 2.45) is 0 Å². The van der Waals surface area contributed by atoms with Gasteiger partial charge in [-0.15, -0.1) is 0 Å². The molecule has 0 spiro atoms. The number of benzene rings is 1. The minimum Gasteiger partial charge on any atom is -0.481 e. The molecule has 1 fully saturated rings. The Morgan fingerprint density at radius 2 is 2.00 bits per heavy atom. The first kappa shape index (κ1) is 19.3. The number of carboxylic acids is 1. The number of likely N-dealkylation sites (tertiary alicyclic amines) is 1. The van der Waals surface area contributed by atoms with E-state index in [9.17, 15) is 14.4 Å². The van der Waals surface area contributed by atoms with E-state index in [0.717, 1.165) is 18.4 Å². The zero-order chi connectivity index (χ0) is 18.2. The van der Waals surface area contributed by atoms with E-state index in [2.05, 4.69) is 17.9 Å². The average Bonchev–Trinajstić information content (AvgIpc) is 2.76. The summed E-state index contributed by atoms with van der Waals surface area (Å²) in [6.07, 6.45) is 2.59. The first-order valence-corrected chi connectivity index (χ1v) is 9.02. The molecule has 1 saturated heterocycles. The lowest BCUT2D eigenvalue weighted by molar-refractivity contribution is -0.140. The van der Waals surface area contributed by atoms with E-state index < -0.39 is 17.3 Å². The molecule has 0 bridgehead atoms. The molecule has 2 rings (SSSR count). The molecule has 6 nitrogen and oxygen atoms in total. The molecular formula is C18H24N2O4S. The molecule has 1 heterocycles. The summed E-state index contributed by atoms with van der Waals surface area (Å²) in [7, 11) is 0. The molecule has 1 aliphatic heterocycles. The summed E-state index contributed by atoms with van der Waals surface area (Å²) in [5.41, 5.74) is 1.01. The van der Waals surface area contributed by atoms with Gasteiger partial charge in [0.25, 0.3) is 0 Å². The lowest BCUT2D eigenvalue weighted by Crippen LogP contribution is -2.49. The fourth-order valence-electron chi connectivity index (χ4n) is 2.89. The molecule has 0 saturated carbocycles. The first-order valence-electron chi connectivity index (χ1n) is 8.50. The third-order valence-corrected chi connectivity index (χ3v) is 4.68. The molecule has 2 atom stereocenters. The maximum atomic E-state index is 12.6. The summed E-state index contributed by atoms with van der Waals surface area (Å²) in [5.74, 6) is -1.41. The molecule has 0 aromatic heterocycles. The van der Waals surface area contributed by atoms with Crippen LogP contribution in [0.2, 0.25) is 0 Å². The number of carbonyl (C=O) groups excluding carboxylic acids is 2. The second-order valence-electron chi connectivity index (χ2n) is 6.23. The van der Waals surface area contributed by atoms with Crippen molar-refractivity contribution in [3.8, 4) is 0 Å². The highest BCUT2D eigenvalue weighted by molar-refractivity contribution is 7.81. The smallest absolute Gasteiger partial charge is 0.305 e. The highest BCUT2D eigenvalue weighted by atomic mass is 32.1. The normalized spacial score (nSPS) is 19.2. The summed E-state index contributed by atoms with van der Waals surface area (Å²) in [6, 6.07) is 8.98. The van der Waals surface area contributed by atoms with Gasteiger partial charge < -0.3 is 15.3 Å². The number of hydrogen-bond acceptors (Lipinski definition) is 4. The highest BCUT2D eigenvalue weighted by Gasteiger charge is 2.29. The molecule has 0 radical (unpaired) electrons.